The van der Waals surface area contributed by atoms with Crippen LogP contribution >= 0.6 is 11.8 Å². The molecule has 3 atom stereocenters. The quantitative estimate of drug-likeness (QED) is 0.0503. The van der Waals surface area contributed by atoms with Gasteiger partial charge in [0.25, 0.3) is 0 Å². The van der Waals surface area contributed by atoms with E-state index in [1.165, 1.54) is 10.9 Å². The minimum absolute atomic E-state index is 0.0879. The second kappa shape index (κ2) is 43.0. The average molecular weight is 1150 g/mol. The van der Waals surface area contributed by atoms with Crippen LogP contribution in [-0.4, -0.2) is 254 Å². The third-order valence-electron chi connectivity index (χ3n) is 9.00. The van der Waals surface area contributed by atoms with Crippen molar-refractivity contribution in [2.24, 2.45) is 0 Å². The van der Waals surface area contributed by atoms with Gasteiger partial charge in [0, 0.05) is 19.1 Å². The van der Waals surface area contributed by atoms with E-state index in [0.29, 0.717) is 138 Å². The zero-order valence-electron chi connectivity index (χ0n) is 42.9. The van der Waals surface area contributed by atoms with Gasteiger partial charge in [0.2, 0.25) is 0 Å². The molecule has 21 nitrogen and oxygen atoms in total. The molecule has 1 aromatic rings. The zero-order valence-corrected chi connectivity index (χ0v) is 43.7. The number of rotatable bonds is 52. The van der Waals surface area contributed by atoms with E-state index in [1.54, 1.807) is 7.11 Å². The lowest BCUT2D eigenvalue weighted by Gasteiger charge is -2.22. The summed E-state index contributed by atoms with van der Waals surface area (Å²) in [5, 5.41) is 6.49. The van der Waals surface area contributed by atoms with Gasteiger partial charge in [0.1, 0.15) is 30.7 Å². The Morgan fingerprint density at radius 1 is 0.500 bits per heavy atom. The number of halogens is 10. The number of alkyl halides is 10. The Morgan fingerprint density at radius 2 is 0.829 bits per heavy atom. The Morgan fingerprint density at radius 3 is 1.17 bits per heavy atom. The van der Waals surface area contributed by atoms with Gasteiger partial charge in [-0.05, 0) is 13.8 Å². The van der Waals surface area contributed by atoms with Crippen molar-refractivity contribution in [2.75, 3.05) is 185 Å². The van der Waals surface area contributed by atoms with E-state index in [2.05, 4.69) is 19.8 Å². The number of nitrogens with zero attached hydrogens (tertiary/aromatic N) is 3. The van der Waals surface area contributed by atoms with Crippen LogP contribution in [-0.2, 0) is 97.7 Å². The largest absolute Gasteiger partial charge is 0.460 e. The highest BCUT2D eigenvalue weighted by atomic mass is 32.2. The van der Waals surface area contributed by atoms with Gasteiger partial charge in [0.05, 0.1) is 184 Å². The summed E-state index contributed by atoms with van der Waals surface area (Å²) in [6.07, 6.45) is -13.8. The Labute approximate surface area is 438 Å². The van der Waals surface area contributed by atoms with Crippen LogP contribution in [0.1, 0.15) is 26.0 Å². The van der Waals surface area contributed by atoms with Crippen LogP contribution in [0.3, 0.4) is 0 Å². The van der Waals surface area contributed by atoms with Crippen molar-refractivity contribution >= 4 is 23.7 Å². The first-order valence-corrected chi connectivity index (χ1v) is 25.0. The number of hydrogen-bond acceptors (Lipinski definition) is 21. The highest BCUT2D eigenvalue weighted by molar-refractivity contribution is 7.99. The number of carbonyl (C=O) groups excluding carboxylic acids is 2. The molecule has 0 radical (unpaired) electrons. The van der Waals surface area contributed by atoms with E-state index in [4.69, 9.17) is 66.3 Å². The van der Waals surface area contributed by atoms with E-state index < -0.39 is 86.4 Å². The Bertz CT molecular complexity index is 1580. The molecule has 1 aromatic heterocycles. The predicted octanol–water partition coefficient (Wildman–Crippen LogP) is 4.39. The van der Waals surface area contributed by atoms with Crippen LogP contribution in [0.2, 0.25) is 0 Å². The molecule has 0 bridgehead atoms. The van der Waals surface area contributed by atoms with Gasteiger partial charge < -0.3 is 75.8 Å². The third kappa shape index (κ3) is 37.9. The number of thioether (sulfide) groups is 1. The molecule has 448 valence electrons. The second-order valence-electron chi connectivity index (χ2n) is 15.7. The van der Waals surface area contributed by atoms with Gasteiger partial charge in [-0.15, -0.1) is 16.9 Å². The van der Waals surface area contributed by atoms with Crippen LogP contribution < -0.4 is 0 Å². The van der Waals surface area contributed by atoms with Crippen molar-refractivity contribution in [1.29, 1.82) is 0 Å². The normalized spacial score (nSPS) is 13.8. The number of aromatic nitrogens is 3. The van der Waals surface area contributed by atoms with Crippen LogP contribution in [0.4, 0.5) is 43.9 Å². The van der Waals surface area contributed by atoms with E-state index in [9.17, 15) is 53.5 Å². The molecule has 1 rings (SSSR count). The number of methoxy groups -OCH3 is 1. The maximum absolute atomic E-state index is 13.2. The monoisotopic (exact) mass is 1150 g/mol. The molecule has 0 fully saturated rings. The second-order valence-corrected chi connectivity index (χ2v) is 16.9. The maximum atomic E-state index is 13.2. The average Bonchev–Trinajstić information content (AvgIpc) is 3.80. The molecule has 3 unspecified atom stereocenters. The summed E-state index contributed by atoms with van der Waals surface area (Å²) in [6.45, 7) is 6.15. The molecule has 0 aliphatic rings. The van der Waals surface area contributed by atoms with Gasteiger partial charge in [-0.1, -0.05) is 5.21 Å². The Kier molecular flexibility index (Phi) is 40.3. The molecule has 0 aliphatic carbocycles. The molecule has 0 spiro atoms. The van der Waals surface area contributed by atoms with Crippen molar-refractivity contribution in [2.45, 2.75) is 74.2 Å². The van der Waals surface area contributed by atoms with Crippen molar-refractivity contribution in [1.82, 2.24) is 15.0 Å². The van der Waals surface area contributed by atoms with Crippen molar-refractivity contribution in [3.05, 3.63) is 11.9 Å². The van der Waals surface area contributed by atoms with Gasteiger partial charge in [-0.3, -0.25) is 9.59 Å². The first-order valence-electron chi connectivity index (χ1n) is 24.0. The SMILES string of the molecule is COCCOCCOCCOCCOCCOCCOCCOCCOCCOCCOCCOCCn1cc(CSC(CC(=O)OC(C)COCC(F)(F)C(F)(F)F)C(=O)OC(C)COCC(F)(F)C(F)(F)F)nn1. The Balaban J connectivity index is 2.16. The number of hydrogen-bond donors (Lipinski definition) is 0. The van der Waals surface area contributed by atoms with Crippen LogP contribution in [0.15, 0.2) is 6.20 Å². The molecular weight excluding hydrogens is 1080 g/mol. The minimum Gasteiger partial charge on any atom is -0.460 e. The van der Waals surface area contributed by atoms with E-state index >= 15 is 0 Å². The molecule has 0 saturated carbocycles. The van der Waals surface area contributed by atoms with Gasteiger partial charge in [-0.25, -0.2) is 4.68 Å². The first-order chi connectivity index (χ1) is 36.2. The van der Waals surface area contributed by atoms with Crippen molar-refractivity contribution in [3.63, 3.8) is 0 Å². The maximum Gasteiger partial charge on any atom is 0.455 e. The molecule has 0 aliphatic heterocycles. The molecule has 32 heteroatoms. The van der Waals surface area contributed by atoms with Crippen LogP contribution in [0.25, 0.3) is 0 Å². The topological polar surface area (TPSA) is 213 Å². The third-order valence-corrected chi connectivity index (χ3v) is 10.2. The molecule has 0 N–H and O–H groups in total. The summed E-state index contributed by atoms with van der Waals surface area (Å²) in [4.78, 5) is 25.7. The molecule has 0 amide bonds. The number of esters is 2. The summed E-state index contributed by atoms with van der Waals surface area (Å²) in [7, 11) is 1.62. The summed E-state index contributed by atoms with van der Waals surface area (Å²) in [6, 6.07) is 0. The zero-order chi connectivity index (χ0) is 56.4. The predicted molar refractivity (Wildman–Crippen MR) is 245 cm³/mol. The van der Waals surface area contributed by atoms with Crippen molar-refractivity contribution < 1.29 is 129 Å². The van der Waals surface area contributed by atoms with Gasteiger partial charge >= 0.3 is 36.1 Å². The smallest absolute Gasteiger partial charge is 0.455 e. The fourth-order valence-corrected chi connectivity index (χ4v) is 6.10. The van der Waals surface area contributed by atoms with E-state index in [-0.39, 0.29) is 32.1 Å². The summed E-state index contributed by atoms with van der Waals surface area (Å²) in [5.41, 5.74) is 0.295. The molecule has 1 heterocycles. The standard InChI is InChI=1S/C44H73F10N3O18S/c1-35(30-72-33-41(45,46)43(49,50)51)74-39(58)28-38(40(59)75-36(2)31-73-34-42(47,48)44(52,53)54)76-32-37-29-57(56-55-37)4-5-61-8-9-63-12-13-65-16-17-67-20-21-69-24-25-71-27-26-70-23-22-68-19-18-66-15-14-64-11-10-62-7-6-60-3/h29,35-36,38H,4-28,30-34H2,1-3H3. The highest BCUT2D eigenvalue weighted by Crippen LogP contribution is 2.36. The van der Waals surface area contributed by atoms with Crippen molar-refractivity contribution in [3.8, 4) is 0 Å². The van der Waals surface area contributed by atoms with Crippen LogP contribution in [0, 0.1) is 0 Å². The number of ether oxygens (including phenoxy) is 16. The molecular formula is C44H73F10N3O18S. The van der Waals surface area contributed by atoms with E-state index in [0.717, 1.165) is 25.6 Å². The fraction of sp³-hybridized carbons (Fsp3) is 0.909. The highest BCUT2D eigenvalue weighted by Gasteiger charge is 2.58. The lowest BCUT2D eigenvalue weighted by Crippen LogP contribution is -2.41. The lowest BCUT2D eigenvalue weighted by molar-refractivity contribution is -0.297. The molecule has 0 aromatic carbocycles. The fourth-order valence-electron chi connectivity index (χ4n) is 5.15. The Hall–Kier alpha value is -2.83. The summed E-state index contributed by atoms with van der Waals surface area (Å²) >= 11 is 0.764. The summed E-state index contributed by atoms with van der Waals surface area (Å²) < 4.78 is 212. The van der Waals surface area contributed by atoms with Crippen LogP contribution in [0.5, 0.6) is 0 Å². The van der Waals surface area contributed by atoms with E-state index in [1.807, 2.05) is 0 Å². The van der Waals surface area contributed by atoms with Gasteiger partial charge in [0.15, 0.2) is 0 Å². The molecule has 0 saturated heterocycles. The molecule has 76 heavy (non-hydrogen) atoms. The van der Waals surface area contributed by atoms with Gasteiger partial charge in [-0.2, -0.15) is 43.9 Å². The summed E-state index contributed by atoms with van der Waals surface area (Å²) in [5.74, 6) is -12.7. The number of carbonyl (C=O) groups is 2. The minimum atomic E-state index is -5.89. The first kappa shape index (κ1) is 71.2. The lowest BCUT2D eigenvalue weighted by atomic mass is 10.3.